The predicted molar refractivity (Wildman–Crippen MR) is 215 cm³/mol. The highest BCUT2D eigenvalue weighted by Crippen LogP contribution is 2.47. The topological polar surface area (TPSA) is 150 Å². The molecule has 11 heteroatoms. The molecule has 6 aromatic rings. The molecule has 0 fully saturated rings. The second-order valence-electron chi connectivity index (χ2n) is 13.8. The molecule has 1 aliphatic heterocycles. The van der Waals surface area contributed by atoms with Crippen molar-refractivity contribution in [3.05, 3.63) is 185 Å². The number of nitrogens with one attached hydrogen (secondary N) is 2. The number of allylic oxidation sites excluding steroid dienone is 1. The summed E-state index contributed by atoms with van der Waals surface area (Å²) in [5.41, 5.74) is 3.29. The summed E-state index contributed by atoms with van der Waals surface area (Å²) in [6.07, 6.45) is 6.08. The van der Waals surface area contributed by atoms with Gasteiger partial charge in [0.25, 0.3) is 17.7 Å². The van der Waals surface area contributed by atoms with E-state index in [1.165, 1.54) is 0 Å². The summed E-state index contributed by atoms with van der Waals surface area (Å²) >= 11 is 0. The van der Waals surface area contributed by atoms with Gasteiger partial charge in [-0.25, -0.2) is 0 Å². The first-order chi connectivity index (χ1) is 27.2. The predicted octanol–water partition coefficient (Wildman–Crippen LogP) is 6.92. The Kier molecular flexibility index (Phi) is 11.3. The lowest BCUT2D eigenvalue weighted by atomic mass is 9.82. The first-order valence-electron chi connectivity index (χ1n) is 18.5. The molecule has 56 heavy (non-hydrogen) atoms. The lowest BCUT2D eigenvalue weighted by Gasteiger charge is -2.28. The zero-order valence-corrected chi connectivity index (χ0v) is 30.8. The van der Waals surface area contributed by atoms with E-state index in [1.807, 2.05) is 66.9 Å². The Morgan fingerprint density at radius 1 is 0.804 bits per heavy atom. The average Bonchev–Trinajstić information content (AvgIpc) is 3.78. The van der Waals surface area contributed by atoms with Crippen LogP contribution >= 0.6 is 0 Å². The number of rotatable bonds is 14. The maximum Gasteiger partial charge on any atom is 0.264 e. The lowest BCUT2D eigenvalue weighted by molar-refractivity contribution is -0.139. The number of nitrogens with zero attached hydrogens (tertiary/aromatic N) is 4. The number of aliphatic hydroxyl groups is 2. The SMILES string of the molecule is C[C@@H](/C=C/CCn1cc(C(CO)c2ccccc2)nn1)[C@]1(O)C(=O)N(Cc2cccc(NC(=O)c3ccccc3)c2)c2ccc(NC(=O)c3ccccc3)cc21. The van der Waals surface area contributed by atoms with Gasteiger partial charge in [0.15, 0.2) is 5.60 Å². The molecule has 1 aromatic heterocycles. The summed E-state index contributed by atoms with van der Waals surface area (Å²) in [6.45, 7) is 2.31. The first kappa shape index (κ1) is 37.6. The third kappa shape index (κ3) is 8.04. The fourth-order valence-electron chi connectivity index (χ4n) is 6.98. The minimum atomic E-state index is -1.96. The number of amides is 3. The molecule has 4 N–H and O–H groups in total. The van der Waals surface area contributed by atoms with Crippen LogP contribution in [0, 0.1) is 5.92 Å². The zero-order chi connectivity index (χ0) is 39.1. The molecule has 3 amide bonds. The van der Waals surface area contributed by atoms with E-state index in [0.717, 1.165) is 11.1 Å². The Balaban J connectivity index is 1.11. The van der Waals surface area contributed by atoms with Crippen LogP contribution in [0.25, 0.3) is 0 Å². The molecular weight excluding hydrogens is 705 g/mol. The van der Waals surface area contributed by atoms with Crippen molar-refractivity contribution in [1.82, 2.24) is 15.0 Å². The fraction of sp³-hybridized carbons (Fsp3) is 0.178. The standard InChI is InChI=1S/C45H42N6O5/c1-31(14-11-12-25-50-29-40(48-49-50)38(30-52)33-16-5-2-6-17-33)45(56)39-27-37(47-43(54)35-20-9-4-10-21-35)23-24-41(39)51(44(45)55)28-32-15-13-22-36(26-32)46-42(53)34-18-7-3-8-19-34/h2-11,13-24,26-27,29,31,38,52,56H,12,25,28,30H2,1H3,(H,46,53)(H,47,54)/b14-11+/t31-,38?,45+/m0/s1. The van der Waals surface area contributed by atoms with Crippen molar-refractivity contribution in [3.63, 3.8) is 0 Å². The van der Waals surface area contributed by atoms with E-state index in [1.54, 1.807) is 101 Å². The molecule has 1 unspecified atom stereocenters. The van der Waals surface area contributed by atoms with Crippen LogP contribution in [0.15, 0.2) is 152 Å². The molecule has 0 bridgehead atoms. The van der Waals surface area contributed by atoms with Gasteiger partial charge in [-0.1, -0.05) is 103 Å². The molecule has 282 valence electrons. The number of fused-ring (bicyclic) bond motifs is 1. The largest absolute Gasteiger partial charge is 0.395 e. The van der Waals surface area contributed by atoms with Gasteiger partial charge in [0, 0.05) is 46.7 Å². The summed E-state index contributed by atoms with van der Waals surface area (Å²) in [5, 5.41) is 36.9. The van der Waals surface area contributed by atoms with Crippen molar-refractivity contribution in [3.8, 4) is 0 Å². The minimum absolute atomic E-state index is 0.0981. The number of hydrogen-bond acceptors (Lipinski definition) is 7. The summed E-state index contributed by atoms with van der Waals surface area (Å²) < 4.78 is 1.71. The Labute approximate surface area is 324 Å². The van der Waals surface area contributed by atoms with Gasteiger partial charge >= 0.3 is 0 Å². The fourth-order valence-corrected chi connectivity index (χ4v) is 6.98. The van der Waals surface area contributed by atoms with Gasteiger partial charge < -0.3 is 25.7 Å². The molecule has 3 atom stereocenters. The van der Waals surface area contributed by atoms with Crippen LogP contribution in [0.4, 0.5) is 17.1 Å². The highest BCUT2D eigenvalue weighted by molar-refractivity contribution is 6.09. The van der Waals surface area contributed by atoms with E-state index in [2.05, 4.69) is 20.9 Å². The third-order valence-electron chi connectivity index (χ3n) is 10.0. The quantitative estimate of drug-likeness (QED) is 0.0884. The highest BCUT2D eigenvalue weighted by Gasteiger charge is 2.52. The van der Waals surface area contributed by atoms with Crippen LogP contribution in [-0.2, 0) is 23.5 Å². The summed E-state index contributed by atoms with van der Waals surface area (Å²) in [7, 11) is 0. The van der Waals surface area contributed by atoms with E-state index in [-0.39, 0.29) is 30.9 Å². The van der Waals surface area contributed by atoms with Crippen LogP contribution in [0.5, 0.6) is 0 Å². The number of hydrogen-bond donors (Lipinski definition) is 4. The summed E-state index contributed by atoms with van der Waals surface area (Å²) in [5.74, 6) is -2.03. The van der Waals surface area contributed by atoms with E-state index in [0.29, 0.717) is 52.4 Å². The molecule has 0 radical (unpaired) electrons. The van der Waals surface area contributed by atoms with Crippen LogP contribution in [0.1, 0.15) is 62.4 Å². The molecule has 7 rings (SSSR count). The second-order valence-corrected chi connectivity index (χ2v) is 13.8. The Hall–Kier alpha value is -6.69. The number of aryl methyl sites for hydroxylation is 1. The average molecular weight is 747 g/mol. The molecule has 0 saturated carbocycles. The number of benzene rings is 5. The van der Waals surface area contributed by atoms with Crippen LogP contribution < -0.4 is 15.5 Å². The number of carbonyl (C=O) groups excluding carboxylic acids is 3. The Morgan fingerprint density at radius 3 is 2.07 bits per heavy atom. The van der Waals surface area contributed by atoms with E-state index in [9.17, 15) is 24.6 Å². The zero-order valence-electron chi connectivity index (χ0n) is 30.8. The number of aromatic nitrogens is 3. The molecular formula is C45H42N6O5. The van der Waals surface area contributed by atoms with Crippen molar-refractivity contribution in [2.75, 3.05) is 22.1 Å². The van der Waals surface area contributed by atoms with Gasteiger partial charge in [-0.3, -0.25) is 19.1 Å². The monoisotopic (exact) mass is 746 g/mol. The normalized spacial score (nSPS) is 16.1. The van der Waals surface area contributed by atoms with Crippen molar-refractivity contribution >= 4 is 34.8 Å². The van der Waals surface area contributed by atoms with Crippen LogP contribution in [-0.4, -0.2) is 49.5 Å². The highest BCUT2D eigenvalue weighted by atomic mass is 16.3. The van der Waals surface area contributed by atoms with Crippen molar-refractivity contribution in [2.45, 2.75) is 38.0 Å². The molecule has 5 aromatic carbocycles. The molecule has 11 nitrogen and oxygen atoms in total. The third-order valence-corrected chi connectivity index (χ3v) is 10.0. The Morgan fingerprint density at radius 2 is 1.43 bits per heavy atom. The van der Waals surface area contributed by atoms with E-state index in [4.69, 9.17) is 0 Å². The van der Waals surface area contributed by atoms with Crippen LogP contribution in [0.2, 0.25) is 0 Å². The molecule has 0 aliphatic carbocycles. The lowest BCUT2D eigenvalue weighted by Crippen LogP contribution is -2.44. The van der Waals surface area contributed by atoms with E-state index < -0.39 is 17.4 Å². The van der Waals surface area contributed by atoms with Gasteiger partial charge in [0.2, 0.25) is 0 Å². The summed E-state index contributed by atoms with van der Waals surface area (Å²) in [4.78, 5) is 41.9. The van der Waals surface area contributed by atoms with Gasteiger partial charge in [-0.05, 0) is 72.1 Å². The van der Waals surface area contributed by atoms with Crippen molar-refractivity contribution in [2.24, 2.45) is 5.92 Å². The second kappa shape index (κ2) is 16.8. The summed E-state index contributed by atoms with van der Waals surface area (Å²) in [6, 6.07) is 39.7. The molecule has 0 spiro atoms. The van der Waals surface area contributed by atoms with E-state index >= 15 is 0 Å². The molecule has 0 saturated heterocycles. The van der Waals surface area contributed by atoms with Crippen molar-refractivity contribution in [1.29, 1.82) is 0 Å². The van der Waals surface area contributed by atoms with Gasteiger partial charge in [-0.2, -0.15) is 0 Å². The van der Waals surface area contributed by atoms with Crippen LogP contribution in [0.3, 0.4) is 0 Å². The molecule has 1 aliphatic rings. The number of carbonyl (C=O) groups is 3. The molecule has 2 heterocycles. The maximum atomic E-state index is 14.4. The minimum Gasteiger partial charge on any atom is -0.395 e. The van der Waals surface area contributed by atoms with Gasteiger partial charge in [-0.15, -0.1) is 5.10 Å². The number of aliphatic hydroxyl groups excluding tert-OH is 1. The maximum absolute atomic E-state index is 14.4. The smallest absolute Gasteiger partial charge is 0.264 e. The van der Waals surface area contributed by atoms with Gasteiger partial charge in [0.05, 0.1) is 30.5 Å². The Bertz CT molecular complexity index is 2350. The van der Waals surface area contributed by atoms with Crippen molar-refractivity contribution < 1.29 is 24.6 Å². The number of anilines is 3. The first-order valence-corrected chi connectivity index (χ1v) is 18.5. The van der Waals surface area contributed by atoms with Gasteiger partial charge in [0.1, 0.15) is 0 Å².